The van der Waals surface area contributed by atoms with E-state index in [1.807, 2.05) is 0 Å². The molecule has 0 heterocycles. The number of hydrogen-bond acceptors (Lipinski definition) is 4. The van der Waals surface area contributed by atoms with Crippen molar-refractivity contribution in [2.24, 2.45) is 0 Å². The largest absolute Gasteiger partial charge is 0.391 e. The summed E-state index contributed by atoms with van der Waals surface area (Å²) in [5, 5.41) is 13.3. The molecule has 0 aromatic heterocycles. The van der Waals surface area contributed by atoms with E-state index in [0.29, 0.717) is 12.8 Å². The number of unbranched alkanes of at least 4 members (excludes halogenated alkanes) is 16. The quantitative estimate of drug-likeness (QED) is 0.0381. The summed E-state index contributed by atoms with van der Waals surface area (Å²) < 4.78 is 32.4. The molecule has 262 valence electrons. The maximum absolute atomic E-state index is 12.5. The predicted molar refractivity (Wildman–Crippen MR) is 193 cm³/mol. The Balaban J connectivity index is 3.99. The summed E-state index contributed by atoms with van der Waals surface area (Å²) in [6, 6.07) is -0.983. The summed E-state index contributed by atoms with van der Waals surface area (Å²) >= 11 is 0. The molecule has 2 atom stereocenters. The van der Waals surface area contributed by atoms with Gasteiger partial charge in [-0.25, -0.2) is 0 Å². The maximum Gasteiger partial charge on any atom is 0.266 e. The van der Waals surface area contributed by atoms with Gasteiger partial charge in [-0.05, 0) is 51.4 Å². The lowest BCUT2D eigenvalue weighted by molar-refractivity contribution is -0.122. The van der Waals surface area contributed by atoms with Crippen LogP contribution in [0.2, 0.25) is 0 Å². The van der Waals surface area contributed by atoms with E-state index < -0.39 is 28.0 Å². The normalized spacial score (nSPS) is 14.0. The zero-order chi connectivity index (χ0) is 33.3. The molecular weight excluding hydrogens is 582 g/mol. The molecule has 0 saturated carbocycles. The Kier molecular flexibility index (Phi) is 31.0. The molecule has 45 heavy (non-hydrogen) atoms. The summed E-state index contributed by atoms with van der Waals surface area (Å²) in [6.07, 6.45) is 41.9. The van der Waals surface area contributed by atoms with Crippen LogP contribution < -0.4 is 5.32 Å². The van der Waals surface area contributed by atoms with E-state index in [2.05, 4.69) is 67.8 Å². The van der Waals surface area contributed by atoms with E-state index in [1.54, 1.807) is 0 Å². The van der Waals surface area contributed by atoms with E-state index in [0.717, 1.165) is 70.6 Å². The highest BCUT2D eigenvalue weighted by Gasteiger charge is 2.26. The second-order valence-corrected chi connectivity index (χ2v) is 14.0. The van der Waals surface area contributed by atoms with Gasteiger partial charge in [0.1, 0.15) is 0 Å². The lowest BCUT2D eigenvalue weighted by atomic mass is 10.0. The molecule has 0 bridgehead atoms. The van der Waals surface area contributed by atoms with Crippen molar-refractivity contribution in [1.29, 1.82) is 0 Å². The Hall–Kier alpha value is -1.70. The topological polar surface area (TPSA) is 104 Å². The number of aliphatic hydroxyl groups excluding tert-OH is 1. The smallest absolute Gasteiger partial charge is 0.266 e. The number of carbonyl (C=O) groups is 1. The van der Waals surface area contributed by atoms with Crippen molar-refractivity contribution >= 4 is 16.0 Å². The predicted octanol–water partition coefficient (Wildman–Crippen LogP) is 10.3. The number of rotatable bonds is 32. The zero-order valence-electron chi connectivity index (χ0n) is 29.0. The summed E-state index contributed by atoms with van der Waals surface area (Å²) in [5.41, 5.74) is 0. The fraction of sp³-hybridized carbons (Fsp3) is 0.763. The molecule has 3 N–H and O–H groups in total. The van der Waals surface area contributed by atoms with Crippen LogP contribution >= 0.6 is 0 Å². The summed E-state index contributed by atoms with van der Waals surface area (Å²) in [7, 11) is -4.31. The molecule has 0 spiro atoms. The highest BCUT2D eigenvalue weighted by molar-refractivity contribution is 7.85. The molecule has 0 aromatic carbocycles. The standard InChI is InChI=1S/C38H69NO5S/c1-3-5-7-9-11-13-15-17-18-19-20-22-24-26-28-30-32-34-38(41)39-36(35-45(42,43)44)37(40)33-31-29-27-25-23-21-16-14-12-10-8-6-4-2/h5,7,11,13,17-18,20,22,36-37,40H,3-4,6,8-10,12,14-16,19,21,23-35H2,1-2H3,(H,39,41)(H,42,43,44)/b7-5-,13-11-,18-17-,22-20-. The molecule has 0 fully saturated rings. The monoisotopic (exact) mass is 651 g/mol. The Bertz CT molecular complexity index is 894. The van der Waals surface area contributed by atoms with Gasteiger partial charge in [0.15, 0.2) is 0 Å². The molecule has 0 aromatic rings. The van der Waals surface area contributed by atoms with Crippen LogP contribution in [0.3, 0.4) is 0 Å². The first kappa shape index (κ1) is 43.3. The number of hydrogen-bond donors (Lipinski definition) is 3. The maximum atomic E-state index is 12.5. The minimum Gasteiger partial charge on any atom is -0.391 e. The lowest BCUT2D eigenvalue weighted by Crippen LogP contribution is -2.47. The van der Waals surface area contributed by atoms with E-state index in [4.69, 9.17) is 0 Å². The van der Waals surface area contributed by atoms with Gasteiger partial charge < -0.3 is 10.4 Å². The highest BCUT2D eigenvalue weighted by Crippen LogP contribution is 2.15. The molecule has 2 unspecified atom stereocenters. The van der Waals surface area contributed by atoms with Crippen molar-refractivity contribution in [2.75, 3.05) is 5.75 Å². The third-order valence-electron chi connectivity index (χ3n) is 8.05. The van der Waals surface area contributed by atoms with Gasteiger partial charge >= 0.3 is 0 Å². The molecule has 0 saturated heterocycles. The van der Waals surface area contributed by atoms with Crippen LogP contribution in [0.4, 0.5) is 0 Å². The van der Waals surface area contributed by atoms with Crippen molar-refractivity contribution in [3.63, 3.8) is 0 Å². The average molecular weight is 652 g/mol. The van der Waals surface area contributed by atoms with Crippen LogP contribution in [0.1, 0.15) is 168 Å². The van der Waals surface area contributed by atoms with Gasteiger partial charge in [-0.15, -0.1) is 0 Å². The van der Waals surface area contributed by atoms with E-state index in [9.17, 15) is 22.9 Å². The van der Waals surface area contributed by atoms with Gasteiger partial charge in [0.05, 0.1) is 17.9 Å². The third-order valence-corrected chi connectivity index (χ3v) is 8.83. The van der Waals surface area contributed by atoms with Gasteiger partial charge in [0, 0.05) is 6.42 Å². The Morgan fingerprint density at radius 2 is 1.07 bits per heavy atom. The minimum absolute atomic E-state index is 0.271. The molecule has 0 aliphatic carbocycles. The first-order valence-corrected chi connectivity index (χ1v) is 19.9. The molecule has 0 rings (SSSR count). The summed E-state index contributed by atoms with van der Waals surface area (Å²) in [5.74, 6) is -0.931. The Morgan fingerprint density at radius 1 is 0.622 bits per heavy atom. The van der Waals surface area contributed by atoms with Crippen molar-refractivity contribution in [3.05, 3.63) is 48.6 Å². The van der Waals surface area contributed by atoms with Gasteiger partial charge in [0.2, 0.25) is 5.91 Å². The Morgan fingerprint density at radius 3 is 1.58 bits per heavy atom. The third kappa shape index (κ3) is 33.5. The first-order valence-electron chi connectivity index (χ1n) is 18.3. The van der Waals surface area contributed by atoms with Gasteiger partial charge in [-0.2, -0.15) is 8.42 Å². The average Bonchev–Trinajstić information content (AvgIpc) is 3.00. The van der Waals surface area contributed by atoms with E-state index in [1.165, 1.54) is 64.2 Å². The SMILES string of the molecule is CC/C=C\C/C=C\C/C=C\C/C=C\CCCCCCC(=O)NC(CS(=O)(=O)O)C(O)CCCCCCCCCCCCCCC. The lowest BCUT2D eigenvalue weighted by Gasteiger charge is -2.23. The van der Waals surface area contributed by atoms with Crippen LogP contribution in [0.15, 0.2) is 48.6 Å². The second kappa shape index (κ2) is 32.2. The number of allylic oxidation sites excluding steroid dienone is 8. The first-order chi connectivity index (χ1) is 21.8. The fourth-order valence-electron chi connectivity index (χ4n) is 5.33. The summed E-state index contributed by atoms with van der Waals surface area (Å²) in [6.45, 7) is 4.39. The number of aliphatic hydroxyl groups is 1. The number of nitrogens with one attached hydrogen (secondary N) is 1. The van der Waals surface area contributed by atoms with Crippen molar-refractivity contribution < 1.29 is 22.9 Å². The van der Waals surface area contributed by atoms with Crippen LogP contribution in [-0.4, -0.2) is 41.9 Å². The highest BCUT2D eigenvalue weighted by atomic mass is 32.2. The second-order valence-electron chi connectivity index (χ2n) is 12.5. The Labute approximate surface area is 278 Å². The molecule has 7 heteroatoms. The van der Waals surface area contributed by atoms with E-state index >= 15 is 0 Å². The fourth-order valence-corrected chi connectivity index (χ4v) is 6.09. The molecule has 0 radical (unpaired) electrons. The molecule has 1 amide bonds. The summed E-state index contributed by atoms with van der Waals surface area (Å²) in [4.78, 5) is 12.5. The van der Waals surface area contributed by atoms with Crippen LogP contribution in [-0.2, 0) is 14.9 Å². The zero-order valence-corrected chi connectivity index (χ0v) is 29.8. The molecule has 6 nitrogen and oxygen atoms in total. The minimum atomic E-state index is -4.31. The molecule has 0 aliphatic heterocycles. The van der Waals surface area contributed by atoms with E-state index in [-0.39, 0.29) is 12.3 Å². The van der Waals surface area contributed by atoms with Gasteiger partial charge in [-0.1, -0.05) is 159 Å². The van der Waals surface area contributed by atoms with Crippen molar-refractivity contribution in [1.82, 2.24) is 5.32 Å². The number of amides is 1. The van der Waals surface area contributed by atoms with Gasteiger partial charge in [-0.3, -0.25) is 9.35 Å². The van der Waals surface area contributed by atoms with Gasteiger partial charge in [0.25, 0.3) is 10.1 Å². The molecule has 0 aliphatic rings. The van der Waals surface area contributed by atoms with Crippen LogP contribution in [0.5, 0.6) is 0 Å². The van der Waals surface area contributed by atoms with Crippen molar-refractivity contribution in [3.8, 4) is 0 Å². The van der Waals surface area contributed by atoms with Crippen LogP contribution in [0.25, 0.3) is 0 Å². The molecular formula is C38H69NO5S. The number of carbonyl (C=O) groups excluding carboxylic acids is 1. The van der Waals surface area contributed by atoms with Crippen molar-refractivity contribution in [2.45, 2.75) is 180 Å². The van der Waals surface area contributed by atoms with Crippen LogP contribution in [0, 0.1) is 0 Å².